The second-order valence-electron chi connectivity index (χ2n) is 5.42. The third-order valence-corrected chi connectivity index (χ3v) is 4.44. The molecule has 0 spiro atoms. The van der Waals surface area contributed by atoms with E-state index in [1.807, 2.05) is 27.7 Å². The first kappa shape index (κ1) is 17.2. The van der Waals surface area contributed by atoms with Crippen LogP contribution in [0.1, 0.15) is 38.2 Å². The number of hydrogen-bond donors (Lipinski definition) is 1. The molecule has 0 saturated heterocycles. The number of aryl methyl sites for hydroxylation is 1. The molecule has 0 atom stereocenters. The Bertz CT molecular complexity index is 772. The summed E-state index contributed by atoms with van der Waals surface area (Å²) < 4.78 is 32.7. The second-order valence-corrected chi connectivity index (χ2v) is 7.10. The summed E-state index contributed by atoms with van der Waals surface area (Å²) >= 11 is 0. The van der Waals surface area contributed by atoms with Crippen molar-refractivity contribution in [3.05, 3.63) is 41.9 Å². The summed E-state index contributed by atoms with van der Waals surface area (Å²) in [4.78, 5) is 8.73. The van der Waals surface area contributed by atoms with Crippen LogP contribution in [0.15, 0.2) is 35.2 Å². The lowest BCUT2D eigenvalue weighted by Crippen LogP contribution is -2.15. The van der Waals surface area contributed by atoms with Gasteiger partial charge in [0.2, 0.25) is 0 Å². The Morgan fingerprint density at radius 1 is 1.17 bits per heavy atom. The van der Waals surface area contributed by atoms with Crippen molar-refractivity contribution in [3.8, 4) is 5.75 Å². The number of rotatable bonds is 6. The van der Waals surface area contributed by atoms with Crippen molar-refractivity contribution >= 4 is 15.8 Å². The molecule has 124 valence electrons. The molecule has 0 fully saturated rings. The van der Waals surface area contributed by atoms with Crippen molar-refractivity contribution in [2.75, 3.05) is 11.3 Å². The molecule has 23 heavy (non-hydrogen) atoms. The number of nitrogens with zero attached hydrogens (tertiary/aromatic N) is 2. The van der Waals surface area contributed by atoms with Crippen LogP contribution in [-0.4, -0.2) is 25.0 Å². The molecule has 1 aromatic heterocycles. The smallest absolute Gasteiger partial charge is 0.263 e. The molecule has 0 saturated carbocycles. The number of ether oxygens (including phenoxy) is 1. The summed E-state index contributed by atoms with van der Waals surface area (Å²) in [5.41, 5.74) is 0.716. The lowest BCUT2D eigenvalue weighted by molar-refractivity contribution is 0.340. The number of nitrogens with one attached hydrogen (secondary N) is 1. The van der Waals surface area contributed by atoms with E-state index >= 15 is 0 Å². The van der Waals surface area contributed by atoms with E-state index in [0.29, 0.717) is 23.9 Å². The molecular formula is C16H21N3O3S. The minimum Gasteiger partial charge on any atom is -0.494 e. The monoisotopic (exact) mass is 335 g/mol. The zero-order valence-corrected chi connectivity index (χ0v) is 14.5. The average Bonchev–Trinajstić information content (AvgIpc) is 2.47. The third-order valence-electron chi connectivity index (χ3n) is 3.07. The van der Waals surface area contributed by atoms with Gasteiger partial charge < -0.3 is 4.74 Å². The Labute approximate surface area is 137 Å². The molecule has 6 nitrogen and oxygen atoms in total. The molecule has 0 amide bonds. The van der Waals surface area contributed by atoms with Crippen LogP contribution in [0.4, 0.5) is 5.82 Å². The molecule has 0 unspecified atom stereocenters. The fourth-order valence-corrected chi connectivity index (χ4v) is 2.97. The summed E-state index contributed by atoms with van der Waals surface area (Å²) in [5.74, 6) is 1.62. The van der Waals surface area contributed by atoms with Crippen LogP contribution in [0.3, 0.4) is 0 Å². The molecule has 1 aromatic carbocycles. The SMILES string of the molecule is CCOc1ccc(S(=O)(=O)Nc2cc(C)nc(C(C)C)n2)cc1. The molecular weight excluding hydrogens is 314 g/mol. The summed E-state index contributed by atoms with van der Waals surface area (Å²) in [6, 6.07) is 7.87. The Balaban J connectivity index is 2.27. The number of anilines is 1. The highest BCUT2D eigenvalue weighted by Crippen LogP contribution is 2.20. The highest BCUT2D eigenvalue weighted by atomic mass is 32.2. The van der Waals surface area contributed by atoms with Crippen LogP contribution < -0.4 is 9.46 Å². The van der Waals surface area contributed by atoms with Gasteiger partial charge in [-0.2, -0.15) is 0 Å². The minimum absolute atomic E-state index is 0.114. The number of benzene rings is 1. The molecule has 0 aliphatic heterocycles. The largest absolute Gasteiger partial charge is 0.494 e. The van der Waals surface area contributed by atoms with E-state index in [-0.39, 0.29) is 16.6 Å². The normalized spacial score (nSPS) is 11.5. The lowest BCUT2D eigenvalue weighted by Gasteiger charge is -2.11. The van der Waals surface area contributed by atoms with E-state index in [2.05, 4.69) is 14.7 Å². The topological polar surface area (TPSA) is 81.2 Å². The van der Waals surface area contributed by atoms with Crippen molar-refractivity contribution in [1.82, 2.24) is 9.97 Å². The van der Waals surface area contributed by atoms with Crippen LogP contribution in [0.2, 0.25) is 0 Å². The third kappa shape index (κ3) is 4.41. The Kier molecular flexibility index (Phi) is 5.20. The first-order chi connectivity index (χ1) is 10.8. The molecule has 0 aliphatic rings. The first-order valence-corrected chi connectivity index (χ1v) is 8.91. The predicted octanol–water partition coefficient (Wildman–Crippen LogP) is 3.11. The molecule has 0 bridgehead atoms. The van der Waals surface area contributed by atoms with Crippen molar-refractivity contribution in [3.63, 3.8) is 0 Å². The summed E-state index contributed by atoms with van der Waals surface area (Å²) in [7, 11) is -3.70. The van der Waals surface area contributed by atoms with Gasteiger partial charge in [0.1, 0.15) is 17.4 Å². The maximum absolute atomic E-state index is 12.5. The van der Waals surface area contributed by atoms with E-state index in [9.17, 15) is 8.42 Å². The predicted molar refractivity (Wildman–Crippen MR) is 89.3 cm³/mol. The molecule has 2 aromatic rings. The van der Waals surface area contributed by atoms with Crippen LogP contribution in [0.5, 0.6) is 5.75 Å². The van der Waals surface area contributed by atoms with E-state index in [1.54, 1.807) is 18.2 Å². The fraction of sp³-hybridized carbons (Fsp3) is 0.375. The maximum atomic E-state index is 12.5. The first-order valence-electron chi connectivity index (χ1n) is 7.43. The lowest BCUT2D eigenvalue weighted by atomic mass is 10.2. The average molecular weight is 335 g/mol. The van der Waals surface area contributed by atoms with Crippen molar-refractivity contribution in [2.24, 2.45) is 0 Å². The zero-order valence-electron chi connectivity index (χ0n) is 13.7. The van der Waals surface area contributed by atoms with E-state index in [4.69, 9.17) is 4.74 Å². The Morgan fingerprint density at radius 3 is 2.39 bits per heavy atom. The number of aromatic nitrogens is 2. The van der Waals surface area contributed by atoms with Crippen molar-refractivity contribution in [1.29, 1.82) is 0 Å². The highest BCUT2D eigenvalue weighted by molar-refractivity contribution is 7.92. The van der Waals surface area contributed by atoms with E-state index in [1.165, 1.54) is 12.1 Å². The maximum Gasteiger partial charge on any atom is 0.263 e. The van der Waals surface area contributed by atoms with Gasteiger partial charge in [0, 0.05) is 17.7 Å². The zero-order chi connectivity index (χ0) is 17.0. The Hall–Kier alpha value is -2.15. The molecule has 0 radical (unpaired) electrons. The Morgan fingerprint density at radius 2 is 1.83 bits per heavy atom. The quantitative estimate of drug-likeness (QED) is 0.877. The summed E-state index contributed by atoms with van der Waals surface area (Å²) in [6.07, 6.45) is 0. The van der Waals surface area contributed by atoms with Crippen LogP contribution >= 0.6 is 0 Å². The molecule has 7 heteroatoms. The van der Waals surface area contributed by atoms with Gasteiger partial charge in [0.15, 0.2) is 0 Å². The molecule has 0 aliphatic carbocycles. The van der Waals surface area contributed by atoms with Crippen LogP contribution in [0.25, 0.3) is 0 Å². The van der Waals surface area contributed by atoms with Crippen molar-refractivity contribution < 1.29 is 13.2 Å². The number of sulfonamides is 1. The van der Waals surface area contributed by atoms with Crippen molar-refractivity contribution in [2.45, 2.75) is 38.5 Å². The van der Waals surface area contributed by atoms with Gasteiger partial charge in [0.05, 0.1) is 11.5 Å². The van der Waals surface area contributed by atoms with Crippen LogP contribution in [0, 0.1) is 6.92 Å². The van der Waals surface area contributed by atoms with Gasteiger partial charge in [0.25, 0.3) is 10.0 Å². The molecule has 1 heterocycles. The minimum atomic E-state index is -3.70. The van der Waals surface area contributed by atoms with Gasteiger partial charge in [-0.3, -0.25) is 4.72 Å². The van der Waals surface area contributed by atoms with E-state index in [0.717, 1.165) is 0 Å². The van der Waals surface area contributed by atoms with Gasteiger partial charge in [-0.05, 0) is 38.1 Å². The van der Waals surface area contributed by atoms with Crippen LogP contribution in [-0.2, 0) is 10.0 Å². The molecule has 2 rings (SSSR count). The number of hydrogen-bond acceptors (Lipinski definition) is 5. The van der Waals surface area contributed by atoms with E-state index < -0.39 is 10.0 Å². The summed E-state index contributed by atoms with van der Waals surface area (Å²) in [6.45, 7) is 8.12. The summed E-state index contributed by atoms with van der Waals surface area (Å²) in [5, 5.41) is 0. The van der Waals surface area contributed by atoms with Gasteiger partial charge >= 0.3 is 0 Å². The fourth-order valence-electron chi connectivity index (χ4n) is 1.98. The van der Waals surface area contributed by atoms with Gasteiger partial charge in [-0.1, -0.05) is 13.8 Å². The van der Waals surface area contributed by atoms with Gasteiger partial charge in [-0.25, -0.2) is 18.4 Å². The van der Waals surface area contributed by atoms with Gasteiger partial charge in [-0.15, -0.1) is 0 Å². The highest BCUT2D eigenvalue weighted by Gasteiger charge is 2.16. The second kappa shape index (κ2) is 6.95. The standard InChI is InChI=1S/C16H21N3O3S/c1-5-22-13-6-8-14(9-7-13)23(20,21)19-15-10-12(4)17-16(18-15)11(2)3/h6-11H,5H2,1-4H3,(H,17,18,19). The molecule has 1 N–H and O–H groups in total.